The summed E-state index contributed by atoms with van der Waals surface area (Å²) >= 11 is 0. The molecule has 0 radical (unpaired) electrons. The van der Waals surface area contributed by atoms with Gasteiger partial charge < -0.3 is 19.0 Å². The fourth-order valence-electron chi connectivity index (χ4n) is 4.16. The third-order valence-corrected chi connectivity index (χ3v) is 5.93. The molecule has 2 aliphatic heterocycles. The van der Waals surface area contributed by atoms with E-state index in [2.05, 4.69) is 4.99 Å². The van der Waals surface area contributed by atoms with E-state index in [9.17, 15) is 9.59 Å². The Balaban J connectivity index is 1.35. The van der Waals surface area contributed by atoms with Crippen LogP contribution in [0.25, 0.3) is 10.8 Å². The second-order valence-electron chi connectivity index (χ2n) is 8.21. The van der Waals surface area contributed by atoms with Crippen molar-refractivity contribution < 1.29 is 18.7 Å². The van der Waals surface area contributed by atoms with Gasteiger partial charge in [0.2, 0.25) is 5.90 Å². The van der Waals surface area contributed by atoms with Crippen LogP contribution in [0.1, 0.15) is 30.0 Å². The number of cyclic esters (lactones) is 1. The Hall–Kier alpha value is -3.87. The maximum atomic E-state index is 12.7. The van der Waals surface area contributed by atoms with Gasteiger partial charge in [-0.05, 0) is 48.9 Å². The van der Waals surface area contributed by atoms with E-state index in [1.165, 1.54) is 6.26 Å². The number of rotatable bonds is 3. The number of amides is 1. The van der Waals surface area contributed by atoms with Crippen LogP contribution in [0.4, 0.5) is 0 Å². The molecule has 32 heavy (non-hydrogen) atoms. The van der Waals surface area contributed by atoms with Gasteiger partial charge in [-0.3, -0.25) is 4.79 Å². The van der Waals surface area contributed by atoms with E-state index in [-0.39, 0.29) is 23.7 Å². The molecule has 1 fully saturated rings. The maximum Gasteiger partial charge on any atom is 0.365 e. The van der Waals surface area contributed by atoms with Gasteiger partial charge in [0, 0.05) is 36.9 Å². The fraction of sp³-hybridized carbons (Fsp3) is 0.240. The minimum absolute atomic E-state index is 0.00494. The van der Waals surface area contributed by atoms with Crippen molar-refractivity contribution in [2.75, 3.05) is 13.1 Å². The normalized spacial score (nSPS) is 22.4. The fourth-order valence-corrected chi connectivity index (χ4v) is 4.16. The molecule has 2 aromatic carbocycles. The molecule has 1 saturated heterocycles. The van der Waals surface area contributed by atoms with Crippen molar-refractivity contribution in [3.05, 3.63) is 84.1 Å². The third kappa shape index (κ3) is 3.66. The van der Waals surface area contributed by atoms with Crippen LogP contribution in [0.5, 0.6) is 0 Å². The number of esters is 1. The molecule has 0 N–H and O–H groups in total. The van der Waals surface area contributed by atoms with Gasteiger partial charge in [0.15, 0.2) is 11.5 Å². The molecule has 2 unspecified atom stereocenters. The summed E-state index contributed by atoms with van der Waals surface area (Å²) in [7, 11) is 0. The molecule has 3 aromatic rings. The minimum atomic E-state index is -0.470. The number of piperazine rings is 1. The zero-order valence-electron chi connectivity index (χ0n) is 17.9. The van der Waals surface area contributed by atoms with Crippen LogP contribution in [0.2, 0.25) is 0 Å². The lowest BCUT2D eigenvalue weighted by atomic mass is 10.1. The summed E-state index contributed by atoms with van der Waals surface area (Å²) < 4.78 is 10.7. The topological polar surface area (TPSA) is 75.3 Å². The smallest absolute Gasteiger partial charge is 0.365 e. The number of ether oxygens (including phenoxy) is 1. The Morgan fingerprint density at radius 3 is 2.62 bits per heavy atom. The van der Waals surface area contributed by atoms with Crippen LogP contribution in [-0.2, 0) is 9.53 Å². The summed E-state index contributed by atoms with van der Waals surface area (Å²) in [6.45, 7) is 5.08. The lowest BCUT2D eigenvalue weighted by molar-refractivity contribution is -0.130. The van der Waals surface area contributed by atoms with E-state index >= 15 is 0 Å². The lowest BCUT2D eigenvalue weighted by Crippen LogP contribution is -2.56. The summed E-state index contributed by atoms with van der Waals surface area (Å²) in [5, 5.41) is 2.17. The number of carbonyl (C=O) groups excluding carboxylic acids is 2. The van der Waals surface area contributed by atoms with E-state index in [1.54, 1.807) is 23.2 Å². The summed E-state index contributed by atoms with van der Waals surface area (Å²) in [6, 6.07) is 17.2. The SMILES string of the molecule is CC1CN(C(=O)c2ccco2)C(C)CN1/C=C1/N=C(c2ccc3ccccc3c2)OC1=O. The van der Waals surface area contributed by atoms with Crippen molar-refractivity contribution in [1.29, 1.82) is 0 Å². The third-order valence-electron chi connectivity index (χ3n) is 5.93. The molecule has 1 aromatic heterocycles. The first-order valence-electron chi connectivity index (χ1n) is 10.6. The van der Waals surface area contributed by atoms with Crippen LogP contribution in [-0.4, -0.2) is 52.7 Å². The van der Waals surface area contributed by atoms with E-state index in [0.717, 1.165) is 16.3 Å². The summed E-state index contributed by atoms with van der Waals surface area (Å²) in [5.41, 5.74) is 1.02. The highest BCUT2D eigenvalue weighted by Crippen LogP contribution is 2.24. The van der Waals surface area contributed by atoms with Gasteiger partial charge in [-0.2, -0.15) is 0 Å². The average Bonchev–Trinajstić information content (AvgIpc) is 3.46. The largest absolute Gasteiger partial charge is 0.459 e. The predicted octanol–water partition coefficient (Wildman–Crippen LogP) is 3.81. The predicted molar refractivity (Wildman–Crippen MR) is 120 cm³/mol. The van der Waals surface area contributed by atoms with Crippen LogP contribution in [0.3, 0.4) is 0 Å². The first kappa shape index (κ1) is 20.1. The molecule has 7 heteroatoms. The van der Waals surface area contributed by atoms with Gasteiger partial charge in [-0.15, -0.1) is 0 Å². The standard InChI is InChI=1S/C25H23N3O4/c1-16-14-28(24(29)22-8-5-11-31-22)17(2)13-27(16)15-21-25(30)32-23(26-21)20-10-9-18-6-3-4-7-19(18)12-20/h3-12,15-17H,13-14H2,1-2H3/b21-15+. The summed E-state index contributed by atoms with van der Waals surface area (Å²) in [4.78, 5) is 33.5. The first-order valence-corrected chi connectivity index (χ1v) is 10.6. The van der Waals surface area contributed by atoms with Crippen LogP contribution in [0, 0.1) is 0 Å². The number of aliphatic imine (C=N–C) groups is 1. The van der Waals surface area contributed by atoms with E-state index < -0.39 is 5.97 Å². The molecular weight excluding hydrogens is 406 g/mol. The monoisotopic (exact) mass is 429 g/mol. The Bertz CT molecular complexity index is 1250. The second-order valence-corrected chi connectivity index (χ2v) is 8.21. The highest BCUT2D eigenvalue weighted by molar-refractivity contribution is 6.12. The Morgan fingerprint density at radius 2 is 1.84 bits per heavy atom. The Kier molecular flexibility index (Phi) is 5.01. The van der Waals surface area contributed by atoms with Gasteiger partial charge in [-0.25, -0.2) is 9.79 Å². The zero-order valence-corrected chi connectivity index (χ0v) is 17.9. The lowest BCUT2D eigenvalue weighted by Gasteiger charge is -2.43. The molecule has 2 atom stereocenters. The number of benzene rings is 2. The zero-order chi connectivity index (χ0) is 22.2. The Labute approximate surface area is 185 Å². The highest BCUT2D eigenvalue weighted by Gasteiger charge is 2.34. The number of furan rings is 1. The molecule has 0 spiro atoms. The molecule has 5 rings (SSSR count). The van der Waals surface area contributed by atoms with Crippen LogP contribution in [0.15, 0.2) is 82.2 Å². The second kappa shape index (κ2) is 8.00. The molecule has 3 heterocycles. The van der Waals surface area contributed by atoms with Gasteiger partial charge in [0.1, 0.15) is 0 Å². The van der Waals surface area contributed by atoms with Crippen molar-refractivity contribution in [3.8, 4) is 0 Å². The van der Waals surface area contributed by atoms with Crippen LogP contribution >= 0.6 is 0 Å². The number of hydrogen-bond donors (Lipinski definition) is 0. The summed E-state index contributed by atoms with van der Waals surface area (Å²) in [5.74, 6) is 0.0415. The molecule has 0 saturated carbocycles. The van der Waals surface area contributed by atoms with Crippen LogP contribution < -0.4 is 0 Å². The number of carbonyl (C=O) groups is 2. The molecule has 0 bridgehead atoms. The minimum Gasteiger partial charge on any atom is -0.459 e. The highest BCUT2D eigenvalue weighted by atomic mass is 16.6. The molecular formula is C25H23N3O4. The van der Waals surface area contributed by atoms with E-state index in [1.807, 2.05) is 61.2 Å². The average molecular weight is 429 g/mol. The van der Waals surface area contributed by atoms with Gasteiger partial charge in [0.25, 0.3) is 5.91 Å². The summed E-state index contributed by atoms with van der Waals surface area (Å²) in [6.07, 6.45) is 3.24. The van der Waals surface area contributed by atoms with Crippen molar-refractivity contribution in [3.63, 3.8) is 0 Å². The number of fused-ring (bicyclic) bond motifs is 1. The van der Waals surface area contributed by atoms with Crippen molar-refractivity contribution >= 4 is 28.5 Å². The molecule has 7 nitrogen and oxygen atoms in total. The maximum absolute atomic E-state index is 12.7. The number of hydrogen-bond acceptors (Lipinski definition) is 6. The van der Waals surface area contributed by atoms with E-state index in [4.69, 9.17) is 9.15 Å². The molecule has 162 valence electrons. The van der Waals surface area contributed by atoms with Crippen molar-refractivity contribution in [2.24, 2.45) is 4.99 Å². The number of nitrogens with zero attached hydrogens (tertiary/aromatic N) is 3. The van der Waals surface area contributed by atoms with Gasteiger partial charge in [0.05, 0.1) is 6.26 Å². The molecule has 0 aliphatic carbocycles. The Morgan fingerprint density at radius 1 is 1.03 bits per heavy atom. The quantitative estimate of drug-likeness (QED) is 0.468. The van der Waals surface area contributed by atoms with Crippen molar-refractivity contribution in [1.82, 2.24) is 9.80 Å². The first-order chi connectivity index (χ1) is 15.5. The van der Waals surface area contributed by atoms with E-state index in [0.29, 0.717) is 24.7 Å². The van der Waals surface area contributed by atoms with Crippen molar-refractivity contribution in [2.45, 2.75) is 25.9 Å². The van der Waals surface area contributed by atoms with Gasteiger partial charge in [-0.1, -0.05) is 30.3 Å². The molecule has 2 aliphatic rings. The molecule has 1 amide bonds. The van der Waals surface area contributed by atoms with Gasteiger partial charge >= 0.3 is 5.97 Å².